The maximum Gasteiger partial charge on any atom is 0.168 e. The van der Waals surface area contributed by atoms with Crippen LogP contribution in [0, 0.1) is 5.82 Å². The molecule has 1 nitrogen and oxygen atoms in total. The Balaban J connectivity index is 3.01. The summed E-state index contributed by atoms with van der Waals surface area (Å²) >= 11 is 5.66. The molecule has 0 heterocycles. The van der Waals surface area contributed by atoms with E-state index in [9.17, 15) is 9.18 Å². The van der Waals surface area contributed by atoms with Crippen LogP contribution in [0.1, 0.15) is 16.8 Å². The van der Waals surface area contributed by atoms with E-state index in [0.717, 1.165) is 6.07 Å². The van der Waals surface area contributed by atoms with E-state index in [1.54, 1.807) is 0 Å². The van der Waals surface area contributed by atoms with Crippen LogP contribution in [-0.2, 0) is 0 Å². The highest BCUT2D eigenvalue weighted by Gasteiger charge is 2.08. The zero-order valence-electron chi connectivity index (χ0n) is 6.89. The van der Waals surface area contributed by atoms with Crippen LogP contribution < -0.4 is 0 Å². The van der Waals surface area contributed by atoms with Crippen molar-refractivity contribution in [1.82, 2.24) is 0 Å². The third-order valence-electron chi connectivity index (χ3n) is 1.56. The Hall–Kier alpha value is -1.15. The van der Waals surface area contributed by atoms with E-state index in [1.165, 1.54) is 18.2 Å². The first-order valence-electron chi connectivity index (χ1n) is 3.74. The highest BCUT2D eigenvalue weighted by molar-refractivity contribution is 6.34. The maximum atomic E-state index is 12.6. The Morgan fingerprint density at radius 3 is 2.85 bits per heavy atom. The largest absolute Gasteiger partial charge is 0.294 e. The summed E-state index contributed by atoms with van der Waals surface area (Å²) in [7, 11) is 0. The lowest BCUT2D eigenvalue weighted by atomic mass is 10.1. The van der Waals surface area contributed by atoms with Gasteiger partial charge in [-0.25, -0.2) is 4.39 Å². The van der Waals surface area contributed by atoms with E-state index in [4.69, 9.17) is 11.6 Å². The fraction of sp³-hybridized carbons (Fsp3) is 0.100. The van der Waals surface area contributed by atoms with Crippen LogP contribution in [0.15, 0.2) is 30.9 Å². The number of Topliss-reactive ketones (excluding diaryl/α,β-unsaturated/α-hetero) is 1. The molecule has 0 aromatic heterocycles. The predicted molar refractivity (Wildman–Crippen MR) is 50.6 cm³/mol. The smallest absolute Gasteiger partial charge is 0.168 e. The van der Waals surface area contributed by atoms with Gasteiger partial charge in [0, 0.05) is 12.0 Å². The molecule has 0 atom stereocenters. The molecular formula is C10H8ClFO. The van der Waals surface area contributed by atoms with Gasteiger partial charge in [0.15, 0.2) is 5.78 Å². The van der Waals surface area contributed by atoms with Gasteiger partial charge in [-0.1, -0.05) is 17.7 Å². The molecule has 3 heteroatoms. The highest BCUT2D eigenvalue weighted by atomic mass is 35.5. The van der Waals surface area contributed by atoms with Crippen molar-refractivity contribution in [3.63, 3.8) is 0 Å². The van der Waals surface area contributed by atoms with E-state index < -0.39 is 5.82 Å². The number of halogens is 2. The summed E-state index contributed by atoms with van der Waals surface area (Å²) in [6.07, 6.45) is 1.70. The summed E-state index contributed by atoms with van der Waals surface area (Å²) in [5.74, 6) is -0.597. The predicted octanol–water partition coefficient (Wildman–Crippen LogP) is 3.24. The van der Waals surface area contributed by atoms with Crippen LogP contribution in [0.2, 0.25) is 5.02 Å². The number of carbonyl (C=O) groups is 1. The molecule has 0 aliphatic heterocycles. The van der Waals surface area contributed by atoms with Gasteiger partial charge in [-0.15, -0.1) is 6.58 Å². The summed E-state index contributed by atoms with van der Waals surface area (Å²) in [5.41, 5.74) is 0.336. The van der Waals surface area contributed by atoms with E-state index >= 15 is 0 Å². The second-order valence-corrected chi connectivity index (χ2v) is 2.95. The van der Waals surface area contributed by atoms with Crippen molar-refractivity contribution >= 4 is 17.4 Å². The van der Waals surface area contributed by atoms with Crippen molar-refractivity contribution in [3.05, 3.63) is 47.3 Å². The maximum absolute atomic E-state index is 12.6. The lowest BCUT2D eigenvalue weighted by Crippen LogP contribution is -1.98. The monoisotopic (exact) mass is 198 g/mol. The third-order valence-corrected chi connectivity index (χ3v) is 1.87. The lowest BCUT2D eigenvalue weighted by molar-refractivity contribution is 0.0996. The number of hydrogen-bond acceptors (Lipinski definition) is 1. The van der Waals surface area contributed by atoms with E-state index in [2.05, 4.69) is 6.58 Å². The van der Waals surface area contributed by atoms with Crippen molar-refractivity contribution in [2.45, 2.75) is 6.42 Å². The van der Waals surface area contributed by atoms with E-state index in [0.29, 0.717) is 5.56 Å². The van der Waals surface area contributed by atoms with Gasteiger partial charge in [-0.3, -0.25) is 4.79 Å². The van der Waals surface area contributed by atoms with Gasteiger partial charge >= 0.3 is 0 Å². The molecule has 1 rings (SSSR count). The summed E-state index contributed by atoms with van der Waals surface area (Å²) in [6, 6.07) is 3.71. The van der Waals surface area contributed by atoms with Gasteiger partial charge < -0.3 is 0 Å². The zero-order valence-corrected chi connectivity index (χ0v) is 7.64. The Morgan fingerprint density at radius 2 is 2.31 bits per heavy atom. The first kappa shape index (κ1) is 9.93. The van der Waals surface area contributed by atoms with E-state index in [1.807, 2.05) is 0 Å². The van der Waals surface area contributed by atoms with Crippen molar-refractivity contribution in [2.24, 2.45) is 0 Å². The van der Waals surface area contributed by atoms with Gasteiger partial charge in [0.05, 0.1) is 5.02 Å². The van der Waals surface area contributed by atoms with Gasteiger partial charge in [0.1, 0.15) is 5.82 Å². The number of carbonyl (C=O) groups excluding carboxylic acids is 1. The molecule has 0 saturated heterocycles. The Labute approximate surface area is 80.8 Å². The van der Waals surface area contributed by atoms with Gasteiger partial charge in [0.2, 0.25) is 0 Å². The van der Waals surface area contributed by atoms with Crippen molar-refractivity contribution < 1.29 is 9.18 Å². The van der Waals surface area contributed by atoms with Crippen LogP contribution >= 0.6 is 11.6 Å². The minimum Gasteiger partial charge on any atom is -0.294 e. The summed E-state index contributed by atoms with van der Waals surface area (Å²) in [5, 5.41) is 0.145. The van der Waals surface area contributed by atoms with Crippen LogP contribution in [0.3, 0.4) is 0 Å². The molecular weight excluding hydrogens is 191 g/mol. The summed E-state index contributed by atoms with van der Waals surface area (Å²) < 4.78 is 12.6. The standard InChI is InChI=1S/C10H8ClFO/c1-2-3-10(13)8-5-4-7(12)6-9(8)11/h2,4-6H,1,3H2. The lowest BCUT2D eigenvalue weighted by Gasteiger charge is -2.00. The average molecular weight is 199 g/mol. The SMILES string of the molecule is C=CCC(=O)c1ccc(F)cc1Cl. The zero-order chi connectivity index (χ0) is 9.84. The normalized spacial score (nSPS) is 9.69. The Morgan fingerprint density at radius 1 is 1.62 bits per heavy atom. The Bertz CT molecular complexity index is 347. The molecule has 0 unspecified atom stereocenters. The number of allylic oxidation sites excluding steroid dienone is 1. The van der Waals surface area contributed by atoms with Crippen LogP contribution in [0.25, 0.3) is 0 Å². The first-order valence-corrected chi connectivity index (χ1v) is 4.12. The molecule has 0 saturated carbocycles. The first-order chi connectivity index (χ1) is 6.15. The molecule has 0 aliphatic rings. The molecule has 13 heavy (non-hydrogen) atoms. The molecule has 1 aromatic rings. The molecule has 1 aromatic carbocycles. The molecule has 0 radical (unpaired) electrons. The second-order valence-electron chi connectivity index (χ2n) is 2.54. The summed E-state index contributed by atoms with van der Waals surface area (Å²) in [6.45, 7) is 3.44. The number of hydrogen-bond donors (Lipinski definition) is 0. The number of benzene rings is 1. The minimum atomic E-state index is -0.444. The Kier molecular flexibility index (Phi) is 3.20. The fourth-order valence-electron chi connectivity index (χ4n) is 0.957. The molecule has 0 aliphatic carbocycles. The van der Waals surface area contributed by atoms with Crippen molar-refractivity contribution in [1.29, 1.82) is 0 Å². The number of ketones is 1. The quantitative estimate of drug-likeness (QED) is 0.538. The van der Waals surface area contributed by atoms with Gasteiger partial charge in [-0.2, -0.15) is 0 Å². The minimum absolute atomic E-state index is 0.145. The third kappa shape index (κ3) is 2.39. The topological polar surface area (TPSA) is 17.1 Å². The van der Waals surface area contributed by atoms with Crippen LogP contribution in [-0.4, -0.2) is 5.78 Å². The molecule has 0 bridgehead atoms. The van der Waals surface area contributed by atoms with Crippen molar-refractivity contribution in [3.8, 4) is 0 Å². The molecule has 0 amide bonds. The van der Waals surface area contributed by atoms with Crippen LogP contribution in [0.4, 0.5) is 4.39 Å². The molecule has 0 N–H and O–H groups in total. The second kappa shape index (κ2) is 4.19. The van der Waals surface area contributed by atoms with Gasteiger partial charge in [-0.05, 0) is 18.2 Å². The van der Waals surface area contributed by atoms with Crippen molar-refractivity contribution in [2.75, 3.05) is 0 Å². The molecule has 0 fully saturated rings. The fourth-order valence-corrected chi connectivity index (χ4v) is 1.23. The highest BCUT2D eigenvalue weighted by Crippen LogP contribution is 2.18. The molecule has 68 valence electrons. The average Bonchev–Trinajstić information content (AvgIpc) is 2.04. The molecule has 0 spiro atoms. The number of rotatable bonds is 3. The summed E-state index contributed by atoms with van der Waals surface area (Å²) in [4.78, 5) is 11.3. The van der Waals surface area contributed by atoms with Crippen LogP contribution in [0.5, 0.6) is 0 Å². The van der Waals surface area contributed by atoms with E-state index in [-0.39, 0.29) is 17.2 Å². The van der Waals surface area contributed by atoms with Gasteiger partial charge in [0.25, 0.3) is 0 Å².